The summed E-state index contributed by atoms with van der Waals surface area (Å²) in [5.41, 5.74) is 11.7. The predicted octanol–water partition coefficient (Wildman–Crippen LogP) is 1.34. The normalized spacial score (nSPS) is 13.1. The highest BCUT2D eigenvalue weighted by atomic mass is 16.1. The van der Waals surface area contributed by atoms with E-state index in [1.807, 2.05) is 34.6 Å². The number of carbonyl (C=O) groups excluding carboxylic acids is 1. The number of nitrogen functional groups attached to an aromatic ring is 1. The molecule has 19 heavy (non-hydrogen) atoms. The molecule has 0 bridgehead atoms. The highest BCUT2D eigenvalue weighted by Gasteiger charge is 2.21. The van der Waals surface area contributed by atoms with Crippen molar-refractivity contribution in [2.24, 2.45) is 5.73 Å². The summed E-state index contributed by atoms with van der Waals surface area (Å²) in [6.07, 6.45) is 0.244. The molecule has 0 fully saturated rings. The Labute approximate surface area is 114 Å². The zero-order chi connectivity index (χ0) is 14.8. The number of nitrogens with zero attached hydrogens (tertiary/aromatic N) is 2. The van der Waals surface area contributed by atoms with Gasteiger partial charge in [-0.25, -0.2) is 9.97 Å². The molecule has 1 heterocycles. The van der Waals surface area contributed by atoms with E-state index in [0.717, 1.165) is 5.56 Å². The van der Waals surface area contributed by atoms with Crippen LogP contribution in [0.4, 0.5) is 11.6 Å². The Morgan fingerprint density at radius 2 is 1.95 bits per heavy atom. The Hall–Kier alpha value is -1.85. The Balaban J connectivity index is 3.06. The molecule has 1 amide bonds. The maximum Gasteiger partial charge on any atom is 0.219 e. The fraction of sp³-hybridized carbons (Fsp3) is 0.615. The molecule has 0 spiro atoms. The fourth-order valence-electron chi connectivity index (χ4n) is 1.60. The summed E-state index contributed by atoms with van der Waals surface area (Å²) in [7, 11) is 0. The van der Waals surface area contributed by atoms with Crippen molar-refractivity contribution in [2.45, 2.75) is 52.5 Å². The highest BCUT2D eigenvalue weighted by molar-refractivity contribution is 5.75. The second-order valence-electron chi connectivity index (χ2n) is 5.87. The van der Waals surface area contributed by atoms with Crippen molar-refractivity contribution in [1.82, 2.24) is 9.97 Å². The first kappa shape index (κ1) is 15.2. The third-order valence-corrected chi connectivity index (χ3v) is 2.74. The highest BCUT2D eigenvalue weighted by Crippen LogP contribution is 2.25. The number of aromatic nitrogens is 2. The van der Waals surface area contributed by atoms with Gasteiger partial charge >= 0.3 is 0 Å². The lowest BCUT2D eigenvalue weighted by Gasteiger charge is -2.21. The van der Waals surface area contributed by atoms with E-state index in [2.05, 4.69) is 15.3 Å². The molecular weight excluding hydrogens is 242 g/mol. The molecule has 106 valence electrons. The average molecular weight is 265 g/mol. The molecule has 1 aromatic heterocycles. The van der Waals surface area contributed by atoms with E-state index in [0.29, 0.717) is 17.5 Å². The average Bonchev–Trinajstić information content (AvgIpc) is 2.21. The van der Waals surface area contributed by atoms with E-state index in [9.17, 15) is 4.79 Å². The number of nitrogens with one attached hydrogen (secondary N) is 1. The minimum absolute atomic E-state index is 0.0988. The SMILES string of the molecule is Cc1c(N)nc(C(C)(C)C)nc1NC(C)CC(N)=O. The van der Waals surface area contributed by atoms with Gasteiger partial charge in [-0.2, -0.15) is 0 Å². The molecule has 0 aromatic carbocycles. The number of amides is 1. The van der Waals surface area contributed by atoms with Crippen LogP contribution in [0, 0.1) is 6.92 Å². The standard InChI is InChI=1S/C13H23N5O/c1-7(6-9(14)19)16-11-8(2)10(15)17-12(18-11)13(3,4)5/h7H,6H2,1-5H3,(H2,14,19)(H3,15,16,17,18). The topological polar surface area (TPSA) is 107 Å². The van der Waals surface area contributed by atoms with E-state index >= 15 is 0 Å². The lowest BCUT2D eigenvalue weighted by atomic mass is 9.95. The number of hydrogen-bond donors (Lipinski definition) is 3. The Morgan fingerprint density at radius 3 is 2.42 bits per heavy atom. The quantitative estimate of drug-likeness (QED) is 0.761. The zero-order valence-corrected chi connectivity index (χ0v) is 12.2. The summed E-state index contributed by atoms with van der Waals surface area (Å²) in [5.74, 6) is 1.43. The van der Waals surface area contributed by atoms with Crippen LogP contribution in [0.25, 0.3) is 0 Å². The molecule has 0 radical (unpaired) electrons. The van der Waals surface area contributed by atoms with Gasteiger partial charge in [-0.15, -0.1) is 0 Å². The summed E-state index contributed by atoms with van der Waals surface area (Å²) in [4.78, 5) is 19.7. The number of carbonyl (C=O) groups is 1. The molecule has 1 atom stereocenters. The molecule has 0 saturated heterocycles. The number of rotatable bonds is 4. The van der Waals surface area contributed by atoms with Crippen molar-refractivity contribution in [3.8, 4) is 0 Å². The summed E-state index contributed by atoms with van der Waals surface area (Å²) in [6, 6.07) is -0.0988. The number of hydrogen-bond acceptors (Lipinski definition) is 5. The van der Waals surface area contributed by atoms with Gasteiger partial charge < -0.3 is 16.8 Å². The molecule has 0 aliphatic heterocycles. The Morgan fingerprint density at radius 1 is 1.37 bits per heavy atom. The van der Waals surface area contributed by atoms with Crippen LogP contribution in [0.2, 0.25) is 0 Å². The molecule has 6 heteroatoms. The van der Waals surface area contributed by atoms with Gasteiger partial charge in [0.25, 0.3) is 0 Å². The fourth-order valence-corrected chi connectivity index (χ4v) is 1.60. The van der Waals surface area contributed by atoms with Gasteiger partial charge in [0.2, 0.25) is 5.91 Å². The largest absolute Gasteiger partial charge is 0.383 e. The first-order chi connectivity index (χ1) is 8.61. The van der Waals surface area contributed by atoms with E-state index in [1.54, 1.807) is 0 Å². The van der Waals surface area contributed by atoms with Crippen molar-refractivity contribution >= 4 is 17.5 Å². The number of anilines is 2. The van der Waals surface area contributed by atoms with Crippen LogP contribution < -0.4 is 16.8 Å². The van der Waals surface area contributed by atoms with Gasteiger partial charge in [0, 0.05) is 23.4 Å². The van der Waals surface area contributed by atoms with Crippen LogP contribution in [-0.4, -0.2) is 21.9 Å². The second-order valence-corrected chi connectivity index (χ2v) is 5.87. The van der Waals surface area contributed by atoms with Gasteiger partial charge in [-0.1, -0.05) is 20.8 Å². The van der Waals surface area contributed by atoms with Crippen LogP contribution in [0.5, 0.6) is 0 Å². The first-order valence-electron chi connectivity index (χ1n) is 6.30. The van der Waals surface area contributed by atoms with E-state index in [-0.39, 0.29) is 23.8 Å². The van der Waals surface area contributed by atoms with Crippen molar-refractivity contribution in [1.29, 1.82) is 0 Å². The van der Waals surface area contributed by atoms with Crippen molar-refractivity contribution in [3.05, 3.63) is 11.4 Å². The van der Waals surface area contributed by atoms with Gasteiger partial charge in [0.1, 0.15) is 17.5 Å². The summed E-state index contributed by atoms with van der Waals surface area (Å²) in [5, 5.41) is 3.16. The summed E-state index contributed by atoms with van der Waals surface area (Å²) < 4.78 is 0. The summed E-state index contributed by atoms with van der Waals surface area (Å²) >= 11 is 0. The zero-order valence-electron chi connectivity index (χ0n) is 12.2. The molecule has 0 aliphatic rings. The van der Waals surface area contributed by atoms with E-state index in [4.69, 9.17) is 11.5 Å². The Bertz CT molecular complexity index is 479. The van der Waals surface area contributed by atoms with Crippen LogP contribution in [-0.2, 0) is 10.2 Å². The van der Waals surface area contributed by atoms with Crippen LogP contribution in [0.1, 0.15) is 45.5 Å². The van der Waals surface area contributed by atoms with Gasteiger partial charge in [-0.3, -0.25) is 4.79 Å². The van der Waals surface area contributed by atoms with Gasteiger partial charge in [0.05, 0.1) is 0 Å². The predicted molar refractivity (Wildman–Crippen MR) is 76.8 cm³/mol. The minimum Gasteiger partial charge on any atom is -0.383 e. The smallest absolute Gasteiger partial charge is 0.219 e. The first-order valence-corrected chi connectivity index (χ1v) is 6.30. The van der Waals surface area contributed by atoms with E-state index < -0.39 is 0 Å². The second kappa shape index (κ2) is 5.42. The molecule has 1 unspecified atom stereocenters. The van der Waals surface area contributed by atoms with Crippen LogP contribution >= 0.6 is 0 Å². The third kappa shape index (κ3) is 4.08. The molecule has 1 aromatic rings. The molecule has 1 rings (SSSR count). The van der Waals surface area contributed by atoms with Crippen molar-refractivity contribution in [2.75, 3.05) is 11.1 Å². The minimum atomic E-state index is -0.351. The molecular formula is C13H23N5O. The monoisotopic (exact) mass is 265 g/mol. The maximum absolute atomic E-state index is 10.9. The lowest BCUT2D eigenvalue weighted by Crippen LogP contribution is -2.26. The molecule has 0 aliphatic carbocycles. The van der Waals surface area contributed by atoms with Crippen LogP contribution in [0.15, 0.2) is 0 Å². The number of primary amides is 1. The summed E-state index contributed by atoms with van der Waals surface area (Å²) in [6.45, 7) is 9.79. The van der Waals surface area contributed by atoms with Crippen molar-refractivity contribution in [3.63, 3.8) is 0 Å². The third-order valence-electron chi connectivity index (χ3n) is 2.74. The number of nitrogens with two attached hydrogens (primary N) is 2. The Kier molecular flexibility index (Phi) is 4.34. The molecule has 5 N–H and O–H groups in total. The van der Waals surface area contributed by atoms with Gasteiger partial charge in [-0.05, 0) is 13.8 Å². The maximum atomic E-state index is 10.9. The molecule has 6 nitrogen and oxygen atoms in total. The lowest BCUT2D eigenvalue weighted by molar-refractivity contribution is -0.118. The molecule has 0 saturated carbocycles. The van der Waals surface area contributed by atoms with Crippen molar-refractivity contribution < 1.29 is 4.79 Å². The van der Waals surface area contributed by atoms with Crippen LogP contribution in [0.3, 0.4) is 0 Å². The van der Waals surface area contributed by atoms with E-state index in [1.165, 1.54) is 0 Å². The van der Waals surface area contributed by atoms with Gasteiger partial charge in [0.15, 0.2) is 0 Å².